The zero-order chi connectivity index (χ0) is 19.5. The molecule has 0 aliphatic rings. The van der Waals surface area contributed by atoms with Gasteiger partial charge in [0.2, 0.25) is 17.5 Å². The molecule has 0 bridgehead atoms. The molecule has 8 nitrogen and oxygen atoms in total. The lowest BCUT2D eigenvalue weighted by Crippen LogP contribution is -2.23. The maximum Gasteiger partial charge on any atom is 0.252 e. The number of benzene rings is 1. The molecule has 1 aromatic carbocycles. The molecule has 4 aromatic rings. The van der Waals surface area contributed by atoms with E-state index in [1.165, 1.54) is 0 Å². The fourth-order valence-electron chi connectivity index (χ4n) is 2.90. The monoisotopic (exact) mass is 374 g/mol. The van der Waals surface area contributed by atoms with Crippen molar-refractivity contribution in [2.45, 2.75) is 26.8 Å². The van der Waals surface area contributed by atoms with Crippen LogP contribution >= 0.6 is 0 Å². The van der Waals surface area contributed by atoms with Gasteiger partial charge in [-0.1, -0.05) is 18.1 Å². The van der Waals surface area contributed by atoms with Gasteiger partial charge in [-0.25, -0.2) is 9.97 Å². The van der Waals surface area contributed by atoms with Gasteiger partial charge in [-0.2, -0.15) is 4.98 Å². The lowest BCUT2D eigenvalue weighted by molar-refractivity contribution is 0.0948. The van der Waals surface area contributed by atoms with Gasteiger partial charge < -0.3 is 9.84 Å². The summed E-state index contributed by atoms with van der Waals surface area (Å²) in [7, 11) is 0. The van der Waals surface area contributed by atoms with Crippen LogP contribution in [0.1, 0.15) is 34.4 Å². The van der Waals surface area contributed by atoms with Gasteiger partial charge in [0.15, 0.2) is 0 Å². The van der Waals surface area contributed by atoms with Crippen LogP contribution in [0.2, 0.25) is 0 Å². The molecule has 0 atom stereocenters. The van der Waals surface area contributed by atoms with E-state index in [1.54, 1.807) is 24.5 Å². The van der Waals surface area contributed by atoms with Crippen LogP contribution in [-0.4, -0.2) is 31.0 Å². The van der Waals surface area contributed by atoms with Gasteiger partial charge in [-0.3, -0.25) is 9.78 Å². The van der Waals surface area contributed by atoms with Gasteiger partial charge >= 0.3 is 0 Å². The van der Waals surface area contributed by atoms with E-state index in [0.29, 0.717) is 11.4 Å². The summed E-state index contributed by atoms with van der Waals surface area (Å²) >= 11 is 0. The topological polar surface area (TPSA) is 107 Å². The predicted molar refractivity (Wildman–Crippen MR) is 102 cm³/mol. The number of fused-ring (bicyclic) bond motifs is 1. The number of aromatic nitrogens is 5. The van der Waals surface area contributed by atoms with Gasteiger partial charge in [0, 0.05) is 23.5 Å². The second-order valence-corrected chi connectivity index (χ2v) is 6.28. The molecule has 0 aliphatic carbocycles. The fourth-order valence-corrected chi connectivity index (χ4v) is 2.90. The minimum absolute atomic E-state index is 0.106. The third-order valence-electron chi connectivity index (χ3n) is 4.29. The largest absolute Gasteiger partial charge is 0.343 e. The van der Waals surface area contributed by atoms with Crippen LogP contribution in [0, 0.1) is 6.92 Å². The molecule has 140 valence electrons. The number of amides is 1. The molecule has 0 saturated heterocycles. The summed E-state index contributed by atoms with van der Waals surface area (Å²) in [5, 5.41) is 7.51. The van der Waals surface area contributed by atoms with Gasteiger partial charge in [-0.05, 0) is 43.2 Å². The third-order valence-corrected chi connectivity index (χ3v) is 4.29. The maximum absolute atomic E-state index is 12.8. The predicted octanol–water partition coefficient (Wildman–Crippen LogP) is 2.88. The Bertz CT molecular complexity index is 1140. The number of hydrogen-bond acceptors (Lipinski definition) is 7. The molecule has 3 heterocycles. The molecule has 0 spiro atoms. The Balaban J connectivity index is 1.55. The highest BCUT2D eigenvalue weighted by molar-refractivity contribution is 6.06. The van der Waals surface area contributed by atoms with Crippen molar-refractivity contribution < 1.29 is 9.32 Å². The molecule has 0 radical (unpaired) electrons. The average Bonchev–Trinajstić information content (AvgIpc) is 3.21. The second kappa shape index (κ2) is 7.51. The highest BCUT2D eigenvalue weighted by Gasteiger charge is 2.15. The van der Waals surface area contributed by atoms with Crippen molar-refractivity contribution in [3.05, 3.63) is 65.4 Å². The van der Waals surface area contributed by atoms with Crippen LogP contribution in [0.25, 0.3) is 22.6 Å². The van der Waals surface area contributed by atoms with Crippen molar-refractivity contribution in [1.82, 2.24) is 30.4 Å². The summed E-state index contributed by atoms with van der Waals surface area (Å²) in [5.74, 6) is 0.703. The number of rotatable bonds is 5. The average molecular weight is 374 g/mol. The molecule has 0 fully saturated rings. The van der Waals surface area contributed by atoms with Crippen molar-refractivity contribution in [3.63, 3.8) is 0 Å². The number of carbonyl (C=O) groups is 1. The van der Waals surface area contributed by atoms with Crippen molar-refractivity contribution in [3.8, 4) is 11.6 Å². The summed E-state index contributed by atoms with van der Waals surface area (Å²) in [6.07, 6.45) is 4.08. The standard InChI is InChI=1S/C20H18N6O2/c1-3-13-5-6-16-14(10-13)15(9-12(2)24-16)20(27)23-11-17-25-19(26-28-17)18-21-7-4-8-22-18/h4-10H,3,11H2,1-2H3,(H,23,27). The lowest BCUT2D eigenvalue weighted by Gasteiger charge is -2.09. The summed E-state index contributed by atoms with van der Waals surface area (Å²) < 4.78 is 5.18. The SMILES string of the molecule is CCc1ccc2nc(C)cc(C(=O)NCc3nc(-c4ncccn4)no3)c2c1. The Hall–Kier alpha value is -3.68. The van der Waals surface area contributed by atoms with E-state index in [4.69, 9.17) is 4.52 Å². The van der Waals surface area contributed by atoms with Crippen molar-refractivity contribution in [2.24, 2.45) is 0 Å². The Kier molecular flexibility index (Phi) is 4.76. The van der Waals surface area contributed by atoms with E-state index < -0.39 is 0 Å². The van der Waals surface area contributed by atoms with Crippen molar-refractivity contribution in [2.75, 3.05) is 0 Å². The van der Waals surface area contributed by atoms with Crippen LogP contribution in [0.15, 0.2) is 47.2 Å². The van der Waals surface area contributed by atoms with Gasteiger partial charge in [0.25, 0.3) is 5.91 Å². The van der Waals surface area contributed by atoms with E-state index >= 15 is 0 Å². The summed E-state index contributed by atoms with van der Waals surface area (Å²) in [6, 6.07) is 9.47. The fraction of sp³-hybridized carbons (Fsp3) is 0.200. The van der Waals surface area contributed by atoms with Gasteiger partial charge in [0.05, 0.1) is 17.6 Å². The summed E-state index contributed by atoms with van der Waals surface area (Å²) in [5.41, 5.74) is 3.30. The molecule has 0 unspecified atom stereocenters. The van der Waals surface area contributed by atoms with Crippen LogP contribution in [0.3, 0.4) is 0 Å². The van der Waals surface area contributed by atoms with E-state index in [1.807, 2.05) is 25.1 Å². The highest BCUT2D eigenvalue weighted by atomic mass is 16.5. The Morgan fingerprint density at radius 3 is 2.71 bits per heavy atom. The number of nitrogens with zero attached hydrogens (tertiary/aromatic N) is 5. The molecule has 1 N–H and O–H groups in total. The quantitative estimate of drug-likeness (QED) is 0.572. The molecule has 3 aromatic heterocycles. The summed E-state index contributed by atoms with van der Waals surface area (Å²) in [6.45, 7) is 4.05. The first-order chi connectivity index (χ1) is 13.6. The number of pyridine rings is 1. The normalized spacial score (nSPS) is 10.9. The molecular weight excluding hydrogens is 356 g/mol. The highest BCUT2D eigenvalue weighted by Crippen LogP contribution is 2.21. The summed E-state index contributed by atoms with van der Waals surface area (Å²) in [4.78, 5) is 29.7. The van der Waals surface area contributed by atoms with Gasteiger partial charge in [0.1, 0.15) is 0 Å². The van der Waals surface area contributed by atoms with Crippen LogP contribution in [0.4, 0.5) is 0 Å². The molecular formula is C20H18N6O2. The number of aryl methyl sites for hydroxylation is 2. The van der Waals surface area contributed by atoms with E-state index in [-0.39, 0.29) is 24.2 Å². The smallest absolute Gasteiger partial charge is 0.252 e. The minimum atomic E-state index is -0.223. The first-order valence-corrected chi connectivity index (χ1v) is 8.92. The zero-order valence-electron chi connectivity index (χ0n) is 15.5. The lowest BCUT2D eigenvalue weighted by atomic mass is 10.0. The van der Waals surface area contributed by atoms with Crippen molar-refractivity contribution >= 4 is 16.8 Å². The van der Waals surface area contributed by atoms with Crippen LogP contribution in [-0.2, 0) is 13.0 Å². The first-order valence-electron chi connectivity index (χ1n) is 8.92. The number of nitrogens with one attached hydrogen (secondary N) is 1. The van der Waals surface area contributed by atoms with Gasteiger partial charge in [-0.15, -0.1) is 0 Å². The van der Waals surface area contributed by atoms with Crippen molar-refractivity contribution in [1.29, 1.82) is 0 Å². The molecule has 0 saturated carbocycles. The van der Waals surface area contributed by atoms with E-state index in [2.05, 4.69) is 37.3 Å². The molecule has 4 rings (SSSR count). The molecule has 8 heteroatoms. The Morgan fingerprint density at radius 2 is 1.93 bits per heavy atom. The molecule has 0 aliphatic heterocycles. The zero-order valence-corrected chi connectivity index (χ0v) is 15.5. The first kappa shape index (κ1) is 17.7. The van der Waals surface area contributed by atoms with E-state index in [0.717, 1.165) is 28.6 Å². The van der Waals surface area contributed by atoms with Crippen LogP contribution < -0.4 is 5.32 Å². The van der Waals surface area contributed by atoms with E-state index in [9.17, 15) is 4.79 Å². The minimum Gasteiger partial charge on any atom is -0.343 e. The Morgan fingerprint density at radius 1 is 1.11 bits per heavy atom. The van der Waals surface area contributed by atoms with Crippen LogP contribution in [0.5, 0.6) is 0 Å². The third kappa shape index (κ3) is 3.57. The second-order valence-electron chi connectivity index (χ2n) is 6.28. The number of hydrogen-bond donors (Lipinski definition) is 1. The molecule has 1 amide bonds. The Labute approximate surface area is 161 Å². The maximum atomic E-state index is 12.8. The molecule has 28 heavy (non-hydrogen) atoms. The number of carbonyl (C=O) groups excluding carboxylic acids is 1.